The van der Waals surface area contributed by atoms with Crippen LogP contribution in [0.2, 0.25) is 0 Å². The zero-order valence-corrected chi connectivity index (χ0v) is 17.0. The number of ether oxygens (including phenoxy) is 1. The van der Waals surface area contributed by atoms with Crippen molar-refractivity contribution in [2.24, 2.45) is 0 Å². The van der Waals surface area contributed by atoms with E-state index in [1.54, 1.807) is 32.0 Å². The van der Waals surface area contributed by atoms with Gasteiger partial charge in [-0.15, -0.1) is 0 Å². The summed E-state index contributed by atoms with van der Waals surface area (Å²) in [6, 6.07) is 8.39. The number of benzene rings is 2. The van der Waals surface area contributed by atoms with E-state index >= 15 is 0 Å². The molecule has 1 atom stereocenters. The summed E-state index contributed by atoms with van der Waals surface area (Å²) in [5.74, 6) is -0.186. The zero-order chi connectivity index (χ0) is 21.2. The molecule has 0 aliphatic carbocycles. The molecular formula is C22H27F3N2O2. The number of alkyl halides is 3. The smallest absolute Gasteiger partial charge is 0.410 e. The molecule has 1 heterocycles. The molecule has 29 heavy (non-hydrogen) atoms. The number of carbonyl (C=O) groups is 1. The monoisotopic (exact) mass is 408 g/mol. The Bertz CT molecular complexity index is 880. The summed E-state index contributed by atoms with van der Waals surface area (Å²) in [6.45, 7) is 5.66. The van der Waals surface area contributed by atoms with Crippen LogP contribution in [0.15, 0.2) is 36.4 Å². The van der Waals surface area contributed by atoms with Gasteiger partial charge in [0.2, 0.25) is 5.91 Å². The Morgan fingerprint density at radius 1 is 1.17 bits per heavy atom. The van der Waals surface area contributed by atoms with Gasteiger partial charge < -0.3 is 4.74 Å². The molecule has 7 heteroatoms. The lowest BCUT2D eigenvalue weighted by Crippen LogP contribution is -2.51. The second kappa shape index (κ2) is 8.22. The largest absolute Gasteiger partial charge is 0.493 e. The minimum absolute atomic E-state index is 0.000147. The van der Waals surface area contributed by atoms with Crippen molar-refractivity contribution in [1.82, 2.24) is 10.4 Å². The highest BCUT2D eigenvalue weighted by molar-refractivity contribution is 5.90. The van der Waals surface area contributed by atoms with Crippen molar-refractivity contribution in [3.63, 3.8) is 0 Å². The summed E-state index contributed by atoms with van der Waals surface area (Å²) in [4.78, 5) is 11.9. The molecule has 2 aromatic carbocycles. The molecule has 1 fully saturated rings. The lowest BCUT2D eigenvalue weighted by atomic mass is 9.94. The van der Waals surface area contributed by atoms with Gasteiger partial charge in [0.1, 0.15) is 5.75 Å². The standard InChI is InChI=1S/C22H27F3N2O2/c1-4-5-8-13-29-19-16-10-7-6-9-15(16)11-12-17(19)20(22(23,24)25)27-21(2,3)14-18(28)26-27/h6-7,9-12,20H,4-5,8,13-14H2,1-3H3,(H,26,28)/t20-/m0/s1. The van der Waals surface area contributed by atoms with Gasteiger partial charge in [0, 0.05) is 22.9 Å². The third-order valence-corrected chi connectivity index (χ3v) is 5.26. The second-order valence-corrected chi connectivity index (χ2v) is 8.10. The Morgan fingerprint density at radius 3 is 2.52 bits per heavy atom. The van der Waals surface area contributed by atoms with Crippen LogP contribution in [0.4, 0.5) is 13.2 Å². The van der Waals surface area contributed by atoms with Gasteiger partial charge in [0.05, 0.1) is 6.61 Å². The van der Waals surface area contributed by atoms with Crippen molar-refractivity contribution < 1.29 is 22.7 Å². The minimum Gasteiger partial charge on any atom is -0.493 e. The number of hydrazine groups is 1. The van der Waals surface area contributed by atoms with E-state index in [9.17, 15) is 18.0 Å². The summed E-state index contributed by atoms with van der Waals surface area (Å²) in [6.07, 6.45) is -1.90. The Balaban J connectivity index is 2.12. The molecule has 1 amide bonds. The molecule has 1 N–H and O–H groups in total. The first-order valence-corrected chi connectivity index (χ1v) is 9.95. The molecule has 0 spiro atoms. The van der Waals surface area contributed by atoms with E-state index < -0.39 is 23.7 Å². The maximum atomic E-state index is 14.3. The van der Waals surface area contributed by atoms with Crippen molar-refractivity contribution >= 4 is 16.7 Å². The molecule has 3 rings (SSSR count). The van der Waals surface area contributed by atoms with E-state index in [0.717, 1.165) is 29.7 Å². The highest BCUT2D eigenvalue weighted by atomic mass is 19.4. The van der Waals surface area contributed by atoms with Crippen LogP contribution in [0.3, 0.4) is 0 Å². The molecular weight excluding hydrogens is 381 g/mol. The summed E-state index contributed by atoms with van der Waals surface area (Å²) < 4.78 is 48.9. The van der Waals surface area contributed by atoms with Crippen molar-refractivity contribution in [2.75, 3.05) is 6.61 Å². The molecule has 1 saturated heterocycles. The van der Waals surface area contributed by atoms with Crippen molar-refractivity contribution in [3.05, 3.63) is 42.0 Å². The number of nitrogens with one attached hydrogen (secondary N) is 1. The number of carbonyl (C=O) groups excluding carboxylic acids is 1. The topological polar surface area (TPSA) is 41.6 Å². The number of halogens is 3. The molecule has 0 unspecified atom stereocenters. The number of rotatable bonds is 7. The molecule has 1 aliphatic rings. The summed E-state index contributed by atoms with van der Waals surface area (Å²) in [5.41, 5.74) is 1.45. The Morgan fingerprint density at radius 2 is 1.90 bits per heavy atom. The molecule has 4 nitrogen and oxygen atoms in total. The van der Waals surface area contributed by atoms with E-state index in [1.165, 1.54) is 6.07 Å². The second-order valence-electron chi connectivity index (χ2n) is 8.10. The fraction of sp³-hybridized carbons (Fsp3) is 0.500. The van der Waals surface area contributed by atoms with Crippen LogP contribution >= 0.6 is 0 Å². The van der Waals surface area contributed by atoms with Gasteiger partial charge in [-0.2, -0.15) is 18.2 Å². The quantitative estimate of drug-likeness (QED) is 0.613. The highest BCUT2D eigenvalue weighted by Gasteiger charge is 2.54. The van der Waals surface area contributed by atoms with E-state index in [-0.39, 0.29) is 17.7 Å². The number of amides is 1. The Kier molecular flexibility index (Phi) is 6.08. The predicted molar refractivity (Wildman–Crippen MR) is 106 cm³/mol. The van der Waals surface area contributed by atoms with Crippen LogP contribution in [0.1, 0.15) is 58.1 Å². The van der Waals surface area contributed by atoms with Gasteiger partial charge in [-0.3, -0.25) is 10.2 Å². The fourth-order valence-electron chi connectivity index (χ4n) is 3.84. The molecule has 158 valence electrons. The number of nitrogens with zero attached hydrogens (tertiary/aromatic N) is 1. The van der Waals surface area contributed by atoms with E-state index in [1.807, 2.05) is 12.1 Å². The number of hydrogen-bond donors (Lipinski definition) is 1. The van der Waals surface area contributed by atoms with E-state index in [2.05, 4.69) is 12.3 Å². The highest BCUT2D eigenvalue weighted by Crippen LogP contribution is 2.47. The first-order chi connectivity index (χ1) is 13.6. The molecule has 1 aliphatic heterocycles. The van der Waals surface area contributed by atoms with E-state index in [4.69, 9.17) is 4.74 Å². The number of fused-ring (bicyclic) bond motifs is 1. The molecule has 0 aromatic heterocycles. The van der Waals surface area contributed by atoms with Crippen molar-refractivity contribution in [3.8, 4) is 5.75 Å². The van der Waals surface area contributed by atoms with Gasteiger partial charge in [-0.05, 0) is 25.7 Å². The molecule has 2 aromatic rings. The van der Waals surface area contributed by atoms with Crippen LogP contribution in [0.5, 0.6) is 5.75 Å². The number of unbranched alkanes of at least 4 members (excludes halogenated alkanes) is 2. The lowest BCUT2D eigenvalue weighted by Gasteiger charge is -2.38. The Hall–Kier alpha value is -2.28. The molecule has 0 bridgehead atoms. The van der Waals surface area contributed by atoms with Crippen LogP contribution in [0, 0.1) is 0 Å². The van der Waals surface area contributed by atoms with Gasteiger partial charge in [0.15, 0.2) is 6.04 Å². The third-order valence-electron chi connectivity index (χ3n) is 5.26. The predicted octanol–water partition coefficient (Wildman–Crippen LogP) is 5.53. The lowest BCUT2D eigenvalue weighted by molar-refractivity contribution is -0.204. The van der Waals surface area contributed by atoms with Crippen LogP contribution in [0.25, 0.3) is 10.8 Å². The Labute approximate surface area is 169 Å². The zero-order valence-electron chi connectivity index (χ0n) is 17.0. The van der Waals surface area contributed by atoms with Crippen molar-refractivity contribution in [2.45, 2.75) is 64.2 Å². The molecule has 0 radical (unpaired) electrons. The van der Waals surface area contributed by atoms with Gasteiger partial charge >= 0.3 is 6.18 Å². The SMILES string of the molecule is CCCCCOc1c([C@H](N2NC(=O)CC2(C)C)C(F)(F)F)ccc2ccccc12. The maximum absolute atomic E-state index is 14.3. The van der Waals surface area contributed by atoms with Crippen LogP contribution < -0.4 is 10.2 Å². The summed E-state index contributed by atoms with van der Waals surface area (Å²) >= 11 is 0. The average molecular weight is 408 g/mol. The summed E-state index contributed by atoms with van der Waals surface area (Å²) in [5, 5.41) is 2.48. The fourth-order valence-corrected chi connectivity index (χ4v) is 3.84. The van der Waals surface area contributed by atoms with Gasteiger partial charge in [0.25, 0.3) is 0 Å². The minimum atomic E-state index is -4.60. The van der Waals surface area contributed by atoms with Gasteiger partial charge in [-0.1, -0.05) is 56.2 Å². The number of hydrogen-bond acceptors (Lipinski definition) is 3. The van der Waals surface area contributed by atoms with Gasteiger partial charge in [-0.25, -0.2) is 0 Å². The van der Waals surface area contributed by atoms with Crippen LogP contribution in [-0.4, -0.2) is 29.2 Å². The average Bonchev–Trinajstić information content (AvgIpc) is 2.90. The first-order valence-electron chi connectivity index (χ1n) is 9.95. The first kappa shape index (κ1) is 21.4. The summed E-state index contributed by atoms with van der Waals surface area (Å²) in [7, 11) is 0. The van der Waals surface area contributed by atoms with E-state index in [0.29, 0.717) is 12.0 Å². The molecule has 0 saturated carbocycles. The van der Waals surface area contributed by atoms with Crippen molar-refractivity contribution in [1.29, 1.82) is 0 Å². The maximum Gasteiger partial charge on any atom is 0.410 e. The normalized spacial score (nSPS) is 18.1. The third kappa shape index (κ3) is 4.50. The van der Waals surface area contributed by atoms with Crippen LogP contribution in [-0.2, 0) is 4.79 Å².